The molecule has 0 saturated carbocycles. The molecule has 1 aliphatic heterocycles. The van der Waals surface area contributed by atoms with E-state index in [4.69, 9.17) is 4.74 Å². The average Bonchev–Trinajstić information content (AvgIpc) is 3.47. The van der Waals surface area contributed by atoms with E-state index in [1.807, 2.05) is 30.5 Å². The van der Waals surface area contributed by atoms with Gasteiger partial charge in [-0.2, -0.15) is 0 Å². The van der Waals surface area contributed by atoms with Crippen molar-refractivity contribution in [1.82, 2.24) is 10.3 Å². The lowest BCUT2D eigenvalue weighted by Crippen LogP contribution is -2.45. The van der Waals surface area contributed by atoms with Crippen LogP contribution in [0, 0.1) is 6.92 Å². The predicted molar refractivity (Wildman–Crippen MR) is 124 cm³/mol. The molecule has 8 nitrogen and oxygen atoms in total. The molecule has 1 aliphatic rings. The molecule has 0 bridgehead atoms. The van der Waals surface area contributed by atoms with E-state index >= 15 is 0 Å². The van der Waals surface area contributed by atoms with Crippen molar-refractivity contribution < 1.29 is 24.2 Å². The zero-order valence-corrected chi connectivity index (χ0v) is 18.8. The van der Waals surface area contributed by atoms with Gasteiger partial charge < -0.3 is 20.1 Å². The lowest BCUT2D eigenvalue weighted by Gasteiger charge is -2.19. The number of benzene rings is 2. The van der Waals surface area contributed by atoms with Crippen LogP contribution in [0.2, 0.25) is 0 Å². The van der Waals surface area contributed by atoms with Gasteiger partial charge in [0.2, 0.25) is 0 Å². The number of aliphatic hydroxyl groups is 1. The first kappa shape index (κ1) is 22.6. The van der Waals surface area contributed by atoms with Gasteiger partial charge in [-0.25, -0.2) is 9.78 Å². The fourth-order valence-electron chi connectivity index (χ4n) is 3.64. The first-order chi connectivity index (χ1) is 16.0. The van der Waals surface area contributed by atoms with Crippen molar-refractivity contribution in [2.75, 3.05) is 24.7 Å². The highest BCUT2D eigenvalue weighted by atomic mass is 32.1. The van der Waals surface area contributed by atoms with Crippen molar-refractivity contribution in [2.45, 2.75) is 19.4 Å². The van der Waals surface area contributed by atoms with Gasteiger partial charge in [-0.05, 0) is 43.2 Å². The van der Waals surface area contributed by atoms with Crippen molar-refractivity contribution in [3.05, 3.63) is 70.0 Å². The molecule has 2 N–H and O–H groups in total. The third kappa shape index (κ3) is 5.10. The first-order valence-electron chi connectivity index (χ1n) is 10.5. The highest BCUT2D eigenvalue weighted by Gasteiger charge is 2.28. The summed E-state index contributed by atoms with van der Waals surface area (Å²) >= 11 is 1.59. The van der Waals surface area contributed by atoms with E-state index in [1.54, 1.807) is 46.6 Å². The van der Waals surface area contributed by atoms with Crippen LogP contribution in [0.5, 0.6) is 0 Å². The highest BCUT2D eigenvalue weighted by Crippen LogP contribution is 2.32. The van der Waals surface area contributed by atoms with E-state index in [0.717, 1.165) is 27.5 Å². The summed E-state index contributed by atoms with van der Waals surface area (Å²) in [5.41, 5.74) is 4.06. The number of rotatable bonds is 7. The van der Waals surface area contributed by atoms with E-state index in [-0.39, 0.29) is 5.91 Å². The van der Waals surface area contributed by atoms with Gasteiger partial charge in [-0.3, -0.25) is 9.59 Å². The van der Waals surface area contributed by atoms with Crippen LogP contribution in [-0.2, 0) is 20.7 Å². The molecule has 1 unspecified atom stereocenters. The second-order valence-corrected chi connectivity index (χ2v) is 8.64. The molecule has 0 fully saturated rings. The number of ether oxygens (including phenoxy) is 1. The second kappa shape index (κ2) is 9.93. The minimum atomic E-state index is -1.26. The van der Waals surface area contributed by atoms with Crippen molar-refractivity contribution in [3.8, 4) is 11.3 Å². The number of aryl methyl sites for hydroxylation is 1. The SMILES string of the molecule is Cc1nc(-c2ccc3c(c2)CCN3C(=O)COC(=O)C(CO)NC(=O)c2ccccc2)cs1. The molecule has 2 heterocycles. The Bertz CT molecular complexity index is 1180. The Labute approximate surface area is 194 Å². The van der Waals surface area contributed by atoms with Crippen molar-refractivity contribution >= 4 is 34.8 Å². The van der Waals surface area contributed by atoms with Crippen LogP contribution in [0.3, 0.4) is 0 Å². The largest absolute Gasteiger partial charge is 0.454 e. The summed E-state index contributed by atoms with van der Waals surface area (Å²) in [6.07, 6.45) is 0.693. The van der Waals surface area contributed by atoms with Gasteiger partial charge in [0.05, 0.1) is 17.3 Å². The van der Waals surface area contributed by atoms with Gasteiger partial charge in [0.1, 0.15) is 0 Å². The zero-order valence-electron chi connectivity index (χ0n) is 18.0. The Kier molecular flexibility index (Phi) is 6.81. The Morgan fingerprint density at radius 1 is 1.21 bits per heavy atom. The first-order valence-corrected chi connectivity index (χ1v) is 11.3. The maximum atomic E-state index is 12.7. The van der Waals surface area contributed by atoms with E-state index in [1.165, 1.54) is 0 Å². The fraction of sp³-hybridized carbons (Fsp3) is 0.250. The predicted octanol–water partition coefficient (Wildman–Crippen LogP) is 2.34. The Balaban J connectivity index is 1.35. The molecule has 2 aromatic carbocycles. The van der Waals surface area contributed by atoms with Gasteiger partial charge >= 0.3 is 5.97 Å². The Hall–Kier alpha value is -3.56. The van der Waals surface area contributed by atoms with Gasteiger partial charge in [0.15, 0.2) is 12.6 Å². The summed E-state index contributed by atoms with van der Waals surface area (Å²) < 4.78 is 5.10. The molecule has 0 spiro atoms. The number of amides is 2. The quantitative estimate of drug-likeness (QED) is 0.519. The fourth-order valence-corrected chi connectivity index (χ4v) is 4.26. The normalized spacial score (nSPS) is 13.3. The summed E-state index contributed by atoms with van der Waals surface area (Å²) in [6, 6.07) is 12.9. The minimum Gasteiger partial charge on any atom is -0.454 e. The number of fused-ring (bicyclic) bond motifs is 1. The van der Waals surface area contributed by atoms with Gasteiger partial charge in [0.25, 0.3) is 11.8 Å². The summed E-state index contributed by atoms with van der Waals surface area (Å²) in [5, 5.41) is 14.9. The van der Waals surface area contributed by atoms with Crippen LogP contribution in [-0.4, -0.2) is 53.7 Å². The zero-order chi connectivity index (χ0) is 23.4. The summed E-state index contributed by atoms with van der Waals surface area (Å²) in [5.74, 6) is -1.76. The van der Waals surface area contributed by atoms with Gasteiger partial charge in [0, 0.05) is 28.7 Å². The number of carbonyl (C=O) groups is 3. The summed E-state index contributed by atoms with van der Waals surface area (Å²) in [7, 11) is 0. The summed E-state index contributed by atoms with van der Waals surface area (Å²) in [6.45, 7) is 1.32. The van der Waals surface area contributed by atoms with E-state index in [0.29, 0.717) is 18.5 Å². The average molecular weight is 466 g/mol. The lowest BCUT2D eigenvalue weighted by atomic mass is 10.1. The molecule has 9 heteroatoms. The van der Waals surface area contributed by atoms with Crippen molar-refractivity contribution in [3.63, 3.8) is 0 Å². The molecule has 4 rings (SSSR count). The molecule has 2 amide bonds. The standard InChI is InChI=1S/C24H23N3O5S/c1-15-25-20(14-33-15)17-7-8-21-18(11-17)9-10-27(21)22(29)13-32-24(31)19(12-28)26-23(30)16-5-3-2-4-6-16/h2-8,11,14,19,28H,9-10,12-13H2,1H3,(H,26,30). The van der Waals surface area contributed by atoms with Crippen LogP contribution < -0.4 is 10.2 Å². The molecular formula is C24H23N3O5S. The number of hydrogen-bond donors (Lipinski definition) is 2. The van der Waals surface area contributed by atoms with Crippen LogP contribution in [0.25, 0.3) is 11.3 Å². The monoisotopic (exact) mass is 465 g/mol. The van der Waals surface area contributed by atoms with Crippen molar-refractivity contribution in [2.24, 2.45) is 0 Å². The van der Waals surface area contributed by atoms with Crippen molar-refractivity contribution in [1.29, 1.82) is 0 Å². The number of aromatic nitrogens is 1. The minimum absolute atomic E-state index is 0.348. The number of aliphatic hydroxyl groups excluding tert-OH is 1. The van der Waals surface area contributed by atoms with E-state index in [2.05, 4.69) is 10.3 Å². The number of nitrogens with one attached hydrogen (secondary N) is 1. The number of anilines is 1. The molecule has 33 heavy (non-hydrogen) atoms. The number of hydrogen-bond acceptors (Lipinski definition) is 7. The lowest BCUT2D eigenvalue weighted by molar-refractivity contribution is -0.150. The van der Waals surface area contributed by atoms with E-state index < -0.39 is 31.1 Å². The molecular weight excluding hydrogens is 442 g/mol. The van der Waals surface area contributed by atoms with Gasteiger partial charge in [-0.15, -0.1) is 11.3 Å². The van der Waals surface area contributed by atoms with Crippen LogP contribution >= 0.6 is 11.3 Å². The van der Waals surface area contributed by atoms with Crippen LogP contribution in [0.4, 0.5) is 5.69 Å². The molecule has 0 aliphatic carbocycles. The molecule has 0 saturated heterocycles. The second-order valence-electron chi connectivity index (χ2n) is 7.57. The number of esters is 1. The van der Waals surface area contributed by atoms with Crippen LogP contribution in [0.15, 0.2) is 53.9 Å². The maximum Gasteiger partial charge on any atom is 0.331 e. The number of nitrogens with zero attached hydrogens (tertiary/aromatic N) is 2. The van der Waals surface area contributed by atoms with Crippen LogP contribution in [0.1, 0.15) is 20.9 Å². The third-order valence-electron chi connectivity index (χ3n) is 5.34. The third-order valence-corrected chi connectivity index (χ3v) is 6.11. The molecule has 0 radical (unpaired) electrons. The Morgan fingerprint density at radius 2 is 2.00 bits per heavy atom. The number of thiazole rings is 1. The topological polar surface area (TPSA) is 109 Å². The Morgan fingerprint density at radius 3 is 2.70 bits per heavy atom. The van der Waals surface area contributed by atoms with Gasteiger partial charge in [-0.1, -0.05) is 24.3 Å². The molecule has 170 valence electrons. The number of carbonyl (C=O) groups excluding carboxylic acids is 3. The molecule has 3 aromatic rings. The summed E-state index contributed by atoms with van der Waals surface area (Å²) in [4.78, 5) is 43.4. The molecule has 1 atom stereocenters. The smallest absolute Gasteiger partial charge is 0.331 e. The van der Waals surface area contributed by atoms with E-state index in [9.17, 15) is 19.5 Å². The maximum absolute atomic E-state index is 12.7. The molecule has 1 aromatic heterocycles. The highest BCUT2D eigenvalue weighted by molar-refractivity contribution is 7.09.